The first-order chi connectivity index (χ1) is 21.3. The Balaban J connectivity index is 1.34. The largest absolute Gasteiger partial charge is 0.309 e. The Labute approximate surface area is 251 Å². The second kappa shape index (κ2) is 8.57. The minimum Gasteiger partial charge on any atom is -0.309 e. The van der Waals surface area contributed by atoms with Gasteiger partial charge >= 0.3 is 0 Å². The van der Waals surface area contributed by atoms with Crippen molar-refractivity contribution >= 4 is 85.9 Å². The molecule has 3 aromatic heterocycles. The van der Waals surface area contributed by atoms with Crippen molar-refractivity contribution in [2.24, 2.45) is 0 Å². The van der Waals surface area contributed by atoms with Crippen LogP contribution in [0, 0.1) is 0 Å². The third-order valence-electron chi connectivity index (χ3n) is 9.07. The van der Waals surface area contributed by atoms with Crippen LogP contribution in [0.5, 0.6) is 0 Å². The second-order valence-electron chi connectivity index (χ2n) is 11.4. The minimum atomic E-state index is 1.18. The highest BCUT2D eigenvalue weighted by atomic mass is 32.1. The molecule has 0 aliphatic carbocycles. The Bertz CT molecular complexity index is 2720. The Hall–Kier alpha value is -5.38. The molecule has 0 fully saturated rings. The first-order valence-corrected chi connectivity index (χ1v) is 15.5. The number of thiophene rings is 1. The molecule has 0 aliphatic heterocycles. The van der Waals surface area contributed by atoms with Gasteiger partial charge in [0.15, 0.2) is 0 Å². The lowest BCUT2D eigenvalue weighted by Crippen LogP contribution is -1.95. The van der Waals surface area contributed by atoms with E-state index in [0.29, 0.717) is 0 Å². The highest BCUT2D eigenvalue weighted by Gasteiger charge is 2.21. The molecule has 10 aromatic rings. The second-order valence-corrected chi connectivity index (χ2v) is 12.5. The molecule has 3 heteroatoms. The molecular formula is C40H24N2S. The average Bonchev–Trinajstić information content (AvgIpc) is 3.70. The maximum absolute atomic E-state index is 2.50. The van der Waals surface area contributed by atoms with E-state index in [1.54, 1.807) is 0 Å². The molecule has 7 aromatic carbocycles. The Kier molecular flexibility index (Phi) is 4.63. The van der Waals surface area contributed by atoms with Gasteiger partial charge in [-0.15, -0.1) is 11.3 Å². The van der Waals surface area contributed by atoms with E-state index in [0.717, 1.165) is 0 Å². The van der Waals surface area contributed by atoms with Gasteiger partial charge in [0.25, 0.3) is 0 Å². The van der Waals surface area contributed by atoms with Gasteiger partial charge < -0.3 is 9.13 Å². The van der Waals surface area contributed by atoms with Crippen LogP contribution in [-0.2, 0) is 0 Å². The fourth-order valence-corrected chi connectivity index (χ4v) is 8.39. The number of fused-ring (bicyclic) bond motifs is 11. The van der Waals surface area contributed by atoms with Crippen molar-refractivity contribution in [2.75, 3.05) is 0 Å². The number of rotatable bonds is 2. The zero-order chi connectivity index (χ0) is 28.1. The van der Waals surface area contributed by atoms with E-state index < -0.39 is 0 Å². The topological polar surface area (TPSA) is 9.86 Å². The Morgan fingerprint density at radius 3 is 1.86 bits per heavy atom. The molecule has 0 aliphatic rings. The number of hydrogen-bond donors (Lipinski definition) is 0. The SMILES string of the molecule is c1ccc(-n2c3ccccc3c3c2ccc2c4ccccc4n(-c4ccc5c(c4)sc4cc6ccccc6cc45)c23)cc1. The number of nitrogens with zero attached hydrogens (tertiary/aromatic N) is 2. The maximum atomic E-state index is 2.50. The fourth-order valence-electron chi connectivity index (χ4n) is 7.22. The van der Waals surface area contributed by atoms with Crippen molar-refractivity contribution in [3.05, 3.63) is 146 Å². The van der Waals surface area contributed by atoms with E-state index >= 15 is 0 Å². The molecule has 3 heterocycles. The van der Waals surface area contributed by atoms with E-state index in [1.165, 1.54) is 85.9 Å². The smallest absolute Gasteiger partial charge is 0.0641 e. The van der Waals surface area contributed by atoms with Crippen LogP contribution < -0.4 is 0 Å². The third kappa shape index (κ3) is 3.17. The molecule has 0 bridgehead atoms. The molecule has 0 spiro atoms. The zero-order valence-corrected chi connectivity index (χ0v) is 24.0. The van der Waals surface area contributed by atoms with Gasteiger partial charge in [0, 0.05) is 53.1 Å². The van der Waals surface area contributed by atoms with Gasteiger partial charge in [0.05, 0.1) is 22.1 Å². The summed E-state index contributed by atoms with van der Waals surface area (Å²) in [7, 11) is 0. The zero-order valence-electron chi connectivity index (χ0n) is 23.2. The quantitative estimate of drug-likeness (QED) is 0.198. The van der Waals surface area contributed by atoms with Crippen molar-refractivity contribution < 1.29 is 0 Å². The molecule has 0 N–H and O–H groups in total. The summed E-state index contributed by atoms with van der Waals surface area (Å²) in [6, 6.07) is 53.4. The monoisotopic (exact) mass is 564 g/mol. The Morgan fingerprint density at radius 1 is 0.372 bits per heavy atom. The van der Waals surface area contributed by atoms with Gasteiger partial charge in [-0.25, -0.2) is 0 Å². The van der Waals surface area contributed by atoms with E-state index in [1.807, 2.05) is 11.3 Å². The van der Waals surface area contributed by atoms with Crippen LogP contribution in [0.3, 0.4) is 0 Å². The van der Waals surface area contributed by atoms with E-state index in [4.69, 9.17) is 0 Å². The van der Waals surface area contributed by atoms with Gasteiger partial charge in [-0.2, -0.15) is 0 Å². The van der Waals surface area contributed by atoms with E-state index in [2.05, 4.69) is 155 Å². The number of aromatic nitrogens is 2. The van der Waals surface area contributed by atoms with Crippen LogP contribution in [-0.4, -0.2) is 9.13 Å². The molecule has 0 saturated carbocycles. The van der Waals surface area contributed by atoms with Gasteiger partial charge in [-0.05, 0) is 65.4 Å². The highest BCUT2D eigenvalue weighted by Crippen LogP contribution is 2.43. The summed E-state index contributed by atoms with van der Waals surface area (Å²) < 4.78 is 7.55. The molecule has 10 rings (SSSR count). The number of benzene rings is 7. The van der Waals surface area contributed by atoms with Crippen LogP contribution >= 0.6 is 11.3 Å². The molecule has 2 nitrogen and oxygen atoms in total. The molecule has 0 unspecified atom stereocenters. The predicted molar refractivity (Wildman–Crippen MR) is 186 cm³/mol. The molecule has 0 amide bonds. The highest BCUT2D eigenvalue weighted by molar-refractivity contribution is 7.25. The standard InChI is InChI=1S/C40H24N2S/c1-2-12-27(13-3-1)41-35-17-9-7-15-32(35)39-36(41)21-20-31-29-14-6-8-16-34(29)42(40(31)39)28-18-19-30-33-22-25-10-4-5-11-26(25)23-37(33)43-38(30)24-28/h1-24H. The average molecular weight is 565 g/mol. The van der Waals surface area contributed by atoms with Gasteiger partial charge in [0.1, 0.15) is 0 Å². The lowest BCUT2D eigenvalue weighted by molar-refractivity contribution is 1.18. The summed E-state index contributed by atoms with van der Waals surface area (Å²) in [5.74, 6) is 0. The Morgan fingerprint density at radius 2 is 1.02 bits per heavy atom. The van der Waals surface area contributed by atoms with Crippen LogP contribution in [0.1, 0.15) is 0 Å². The van der Waals surface area contributed by atoms with Crippen molar-refractivity contribution in [3.8, 4) is 11.4 Å². The summed E-state index contributed by atoms with van der Waals surface area (Å²) in [5, 5.41) is 10.4. The van der Waals surface area contributed by atoms with E-state index in [9.17, 15) is 0 Å². The van der Waals surface area contributed by atoms with E-state index in [-0.39, 0.29) is 0 Å². The summed E-state index contributed by atoms with van der Waals surface area (Å²) in [5.41, 5.74) is 7.30. The van der Waals surface area contributed by atoms with Crippen molar-refractivity contribution in [1.82, 2.24) is 9.13 Å². The summed E-state index contributed by atoms with van der Waals surface area (Å²) in [6.45, 7) is 0. The fraction of sp³-hybridized carbons (Fsp3) is 0. The molecule has 0 radical (unpaired) electrons. The molecule has 0 atom stereocenters. The summed E-state index contributed by atoms with van der Waals surface area (Å²) in [4.78, 5) is 0. The first kappa shape index (κ1) is 23.2. The number of para-hydroxylation sites is 3. The minimum absolute atomic E-state index is 1.18. The molecule has 0 saturated heterocycles. The van der Waals surface area contributed by atoms with Gasteiger partial charge in [-0.1, -0.05) is 91.0 Å². The normalized spacial score (nSPS) is 12.2. The van der Waals surface area contributed by atoms with Crippen LogP contribution in [0.15, 0.2) is 146 Å². The lowest BCUT2D eigenvalue weighted by Gasteiger charge is -2.10. The van der Waals surface area contributed by atoms with Crippen LogP contribution in [0.4, 0.5) is 0 Å². The lowest BCUT2D eigenvalue weighted by atomic mass is 10.1. The molecular weight excluding hydrogens is 541 g/mol. The van der Waals surface area contributed by atoms with Crippen molar-refractivity contribution in [1.29, 1.82) is 0 Å². The van der Waals surface area contributed by atoms with Gasteiger partial charge in [0.2, 0.25) is 0 Å². The summed E-state index contributed by atoms with van der Waals surface area (Å²) >= 11 is 1.89. The number of hydrogen-bond acceptors (Lipinski definition) is 1. The van der Waals surface area contributed by atoms with Crippen molar-refractivity contribution in [3.63, 3.8) is 0 Å². The summed E-state index contributed by atoms with van der Waals surface area (Å²) in [6.07, 6.45) is 0. The van der Waals surface area contributed by atoms with Crippen LogP contribution in [0.2, 0.25) is 0 Å². The predicted octanol–water partition coefficient (Wildman–Crippen LogP) is 11.4. The molecule has 200 valence electrons. The first-order valence-electron chi connectivity index (χ1n) is 14.7. The third-order valence-corrected chi connectivity index (χ3v) is 10.2. The maximum Gasteiger partial charge on any atom is 0.0641 e. The molecule has 43 heavy (non-hydrogen) atoms. The van der Waals surface area contributed by atoms with Crippen molar-refractivity contribution in [2.45, 2.75) is 0 Å². The van der Waals surface area contributed by atoms with Gasteiger partial charge in [-0.3, -0.25) is 0 Å². The van der Waals surface area contributed by atoms with Crippen LogP contribution in [0.25, 0.3) is 85.9 Å².